The van der Waals surface area contributed by atoms with Crippen LogP contribution in [0.25, 0.3) is 10.8 Å². The second-order valence-electron chi connectivity index (χ2n) is 8.31. The van der Waals surface area contributed by atoms with Gasteiger partial charge in [-0.15, -0.1) is 0 Å². The second-order valence-corrected chi connectivity index (χ2v) is 8.74. The molecule has 1 aliphatic rings. The van der Waals surface area contributed by atoms with Gasteiger partial charge in [-0.05, 0) is 70.1 Å². The highest BCUT2D eigenvalue weighted by Gasteiger charge is 2.30. The molecule has 0 radical (unpaired) electrons. The first kappa shape index (κ1) is 22.5. The second kappa shape index (κ2) is 9.84. The Morgan fingerprint density at radius 1 is 1.12 bits per heavy atom. The first-order valence-corrected chi connectivity index (χ1v) is 11.5. The molecule has 2 atom stereocenters. The number of hydrogen-bond acceptors (Lipinski definition) is 5. The Kier molecular flexibility index (Phi) is 6.92. The molecule has 2 heterocycles. The van der Waals surface area contributed by atoms with Crippen LogP contribution < -0.4 is 5.56 Å². The van der Waals surface area contributed by atoms with E-state index < -0.39 is 11.9 Å². The zero-order valence-electron chi connectivity index (χ0n) is 18.5. The summed E-state index contributed by atoms with van der Waals surface area (Å²) in [6.45, 7) is 3.95. The zero-order chi connectivity index (χ0) is 22.7. The molecule has 32 heavy (non-hydrogen) atoms. The topological polar surface area (TPSA) is 64.4 Å². The van der Waals surface area contributed by atoms with E-state index in [2.05, 4.69) is 11.9 Å². The van der Waals surface area contributed by atoms with Crippen molar-refractivity contribution < 1.29 is 9.53 Å². The number of likely N-dealkylation sites (tertiary alicyclic amines) is 1. The lowest BCUT2D eigenvalue weighted by Gasteiger charge is -2.22. The highest BCUT2D eigenvalue weighted by Crippen LogP contribution is 2.31. The molecule has 0 N–H and O–H groups in total. The summed E-state index contributed by atoms with van der Waals surface area (Å²) in [6, 6.07) is 14.5. The molecule has 1 saturated heterocycles. The van der Waals surface area contributed by atoms with E-state index in [0.717, 1.165) is 37.9 Å². The third-order valence-electron chi connectivity index (χ3n) is 6.12. The highest BCUT2D eigenvalue weighted by atomic mass is 35.5. The molecule has 0 spiro atoms. The normalized spacial score (nSPS) is 18.3. The Balaban J connectivity index is 1.92. The van der Waals surface area contributed by atoms with Crippen molar-refractivity contribution in [1.29, 1.82) is 0 Å². The van der Waals surface area contributed by atoms with Crippen LogP contribution in [0.1, 0.15) is 49.4 Å². The number of rotatable bonds is 5. The summed E-state index contributed by atoms with van der Waals surface area (Å²) in [5, 5.41) is 6.67. The molecule has 2 unspecified atom stereocenters. The number of carbonyl (C=O) groups is 1. The van der Waals surface area contributed by atoms with Crippen LogP contribution in [0.3, 0.4) is 0 Å². The molecule has 3 aromatic rings. The Hall–Kier alpha value is -2.70. The van der Waals surface area contributed by atoms with Crippen molar-refractivity contribution in [2.45, 2.75) is 38.1 Å². The molecule has 6 nitrogen and oxygen atoms in total. The van der Waals surface area contributed by atoms with Crippen LogP contribution in [-0.2, 0) is 9.53 Å². The molecule has 0 saturated carbocycles. The van der Waals surface area contributed by atoms with Gasteiger partial charge in [-0.25, -0.2) is 4.68 Å². The van der Waals surface area contributed by atoms with Crippen molar-refractivity contribution in [3.8, 4) is 0 Å². The predicted molar refractivity (Wildman–Crippen MR) is 126 cm³/mol. The van der Waals surface area contributed by atoms with Gasteiger partial charge in [-0.2, -0.15) is 5.10 Å². The minimum atomic E-state index is -0.752. The lowest BCUT2D eigenvalue weighted by atomic mass is 9.92. The van der Waals surface area contributed by atoms with Gasteiger partial charge in [-0.1, -0.05) is 41.9 Å². The Bertz CT molecular complexity index is 1160. The number of nitrogens with zero attached hydrogens (tertiary/aromatic N) is 3. The Morgan fingerprint density at radius 3 is 2.56 bits per heavy atom. The van der Waals surface area contributed by atoms with E-state index in [1.807, 2.05) is 36.4 Å². The maximum absolute atomic E-state index is 13.4. The van der Waals surface area contributed by atoms with Crippen LogP contribution >= 0.6 is 11.6 Å². The lowest BCUT2D eigenvalue weighted by Crippen LogP contribution is -2.31. The van der Waals surface area contributed by atoms with Crippen molar-refractivity contribution in [2.75, 3.05) is 26.7 Å². The molecule has 0 bridgehead atoms. The number of benzene rings is 2. The van der Waals surface area contributed by atoms with Crippen LogP contribution in [0.4, 0.5) is 0 Å². The van der Waals surface area contributed by atoms with E-state index in [4.69, 9.17) is 21.4 Å². The molecule has 168 valence electrons. The largest absolute Gasteiger partial charge is 0.465 e. The number of fused-ring (bicyclic) bond motifs is 1. The standard InChI is InChI=1S/C25H28ClN3O3/c1-3-32-25(31)22(17-10-12-18(26)13-11-17)23-20-8-4-5-9-21(20)24(30)29(27-23)19-7-6-15-28(2)16-14-19/h4-5,8-13,19,22H,3,6-7,14-16H2,1-2H3. The molecule has 4 rings (SSSR count). The predicted octanol–water partition coefficient (Wildman–Crippen LogP) is 4.40. The minimum Gasteiger partial charge on any atom is -0.465 e. The van der Waals surface area contributed by atoms with Crippen molar-refractivity contribution in [2.24, 2.45) is 0 Å². The monoisotopic (exact) mass is 453 g/mol. The summed E-state index contributed by atoms with van der Waals surface area (Å²) in [5.74, 6) is -1.14. The third kappa shape index (κ3) is 4.57. The fourth-order valence-corrected chi connectivity index (χ4v) is 4.57. The number of ether oxygens (including phenoxy) is 1. The van der Waals surface area contributed by atoms with Gasteiger partial charge in [0.2, 0.25) is 0 Å². The summed E-state index contributed by atoms with van der Waals surface area (Å²) < 4.78 is 7.05. The van der Waals surface area contributed by atoms with E-state index in [1.54, 1.807) is 23.7 Å². The zero-order valence-corrected chi connectivity index (χ0v) is 19.2. The molecule has 1 aromatic heterocycles. The maximum atomic E-state index is 13.4. The van der Waals surface area contributed by atoms with Gasteiger partial charge in [0.05, 0.1) is 23.7 Å². The van der Waals surface area contributed by atoms with Crippen molar-refractivity contribution in [3.05, 3.63) is 75.2 Å². The lowest BCUT2D eigenvalue weighted by molar-refractivity contribution is -0.143. The molecular weight excluding hydrogens is 426 g/mol. The van der Waals surface area contributed by atoms with Gasteiger partial charge in [-0.3, -0.25) is 9.59 Å². The fourth-order valence-electron chi connectivity index (χ4n) is 4.45. The van der Waals surface area contributed by atoms with Crippen molar-refractivity contribution >= 4 is 28.3 Å². The molecule has 0 aliphatic carbocycles. The SMILES string of the molecule is CCOC(=O)C(c1ccc(Cl)cc1)c1nn(C2CCCN(C)CC2)c(=O)c2ccccc12. The van der Waals surface area contributed by atoms with E-state index >= 15 is 0 Å². The highest BCUT2D eigenvalue weighted by molar-refractivity contribution is 6.30. The van der Waals surface area contributed by atoms with Gasteiger partial charge in [0.1, 0.15) is 5.92 Å². The summed E-state index contributed by atoms with van der Waals surface area (Å²) in [5.41, 5.74) is 1.16. The van der Waals surface area contributed by atoms with Gasteiger partial charge in [0, 0.05) is 10.4 Å². The Morgan fingerprint density at radius 2 is 1.84 bits per heavy atom. The van der Waals surface area contributed by atoms with Crippen LogP contribution in [0.15, 0.2) is 53.3 Å². The molecule has 1 aliphatic heterocycles. The van der Waals surface area contributed by atoms with Crippen LogP contribution in [0.2, 0.25) is 5.02 Å². The quantitative estimate of drug-likeness (QED) is 0.536. The van der Waals surface area contributed by atoms with Crippen LogP contribution in [0.5, 0.6) is 0 Å². The molecule has 7 heteroatoms. The summed E-state index contributed by atoms with van der Waals surface area (Å²) in [4.78, 5) is 28.9. The first-order valence-electron chi connectivity index (χ1n) is 11.1. The molecule has 1 fully saturated rings. The summed E-state index contributed by atoms with van der Waals surface area (Å²) in [6.07, 6.45) is 2.71. The fraction of sp³-hybridized carbons (Fsp3) is 0.400. The number of carbonyl (C=O) groups excluding carboxylic acids is 1. The van der Waals surface area contributed by atoms with Crippen molar-refractivity contribution in [3.63, 3.8) is 0 Å². The average molecular weight is 454 g/mol. The van der Waals surface area contributed by atoms with Gasteiger partial charge in [0.25, 0.3) is 5.56 Å². The number of aromatic nitrogens is 2. The third-order valence-corrected chi connectivity index (χ3v) is 6.38. The van der Waals surface area contributed by atoms with Crippen LogP contribution in [-0.4, -0.2) is 47.4 Å². The van der Waals surface area contributed by atoms with Gasteiger partial charge in [0.15, 0.2) is 0 Å². The van der Waals surface area contributed by atoms with Gasteiger partial charge >= 0.3 is 5.97 Å². The smallest absolute Gasteiger partial charge is 0.319 e. The van der Waals surface area contributed by atoms with Crippen molar-refractivity contribution in [1.82, 2.24) is 14.7 Å². The average Bonchev–Trinajstić information content (AvgIpc) is 3.01. The maximum Gasteiger partial charge on any atom is 0.319 e. The number of halogens is 1. The van der Waals surface area contributed by atoms with Gasteiger partial charge < -0.3 is 9.64 Å². The van der Waals surface area contributed by atoms with Crippen LogP contribution in [0, 0.1) is 0 Å². The molecule has 2 aromatic carbocycles. The van der Waals surface area contributed by atoms with E-state index in [9.17, 15) is 9.59 Å². The molecule has 0 amide bonds. The first-order chi connectivity index (χ1) is 15.5. The number of hydrogen-bond donors (Lipinski definition) is 0. The molecular formula is C25H28ClN3O3. The van der Waals surface area contributed by atoms with E-state index in [-0.39, 0.29) is 18.2 Å². The summed E-state index contributed by atoms with van der Waals surface area (Å²) >= 11 is 6.09. The number of esters is 1. The Labute approximate surface area is 192 Å². The minimum absolute atomic E-state index is 0.0103. The van der Waals surface area contributed by atoms with E-state index in [1.165, 1.54) is 0 Å². The van der Waals surface area contributed by atoms with E-state index in [0.29, 0.717) is 21.5 Å². The summed E-state index contributed by atoms with van der Waals surface area (Å²) in [7, 11) is 2.10.